The minimum Gasteiger partial charge on any atom is -0.279 e. The van der Waals surface area contributed by atoms with Crippen LogP contribution in [0.25, 0.3) is 0 Å². The Bertz CT molecular complexity index is 683. The molecule has 2 aromatic rings. The van der Waals surface area contributed by atoms with Crippen LogP contribution in [-0.2, 0) is 16.4 Å². The third kappa shape index (κ3) is 2.93. The van der Waals surface area contributed by atoms with Gasteiger partial charge in [-0.2, -0.15) is 0 Å². The lowest BCUT2D eigenvalue weighted by Gasteiger charge is -2.11. The summed E-state index contributed by atoms with van der Waals surface area (Å²) >= 11 is 0. The summed E-state index contributed by atoms with van der Waals surface area (Å²) in [6.45, 7) is 1.93. The highest BCUT2D eigenvalue weighted by molar-refractivity contribution is 7.92. The number of sulfonamides is 1. The first-order valence-electron chi connectivity index (χ1n) is 5.90. The maximum atomic E-state index is 13.6. The van der Waals surface area contributed by atoms with Crippen molar-refractivity contribution in [3.8, 4) is 0 Å². The van der Waals surface area contributed by atoms with Crippen LogP contribution in [0.4, 0.5) is 10.1 Å². The quantitative estimate of drug-likeness (QED) is 0.934. The second kappa shape index (κ2) is 5.40. The Kier molecular flexibility index (Phi) is 3.85. The van der Waals surface area contributed by atoms with Gasteiger partial charge in [0.05, 0.1) is 5.69 Å². The summed E-state index contributed by atoms with van der Waals surface area (Å²) in [5, 5.41) is 0. The van der Waals surface area contributed by atoms with Gasteiger partial charge in [-0.15, -0.1) is 0 Å². The number of hydrogen-bond acceptors (Lipinski definition) is 2. The zero-order valence-corrected chi connectivity index (χ0v) is 11.2. The Morgan fingerprint density at radius 3 is 2.37 bits per heavy atom. The molecule has 0 heterocycles. The van der Waals surface area contributed by atoms with Crippen molar-refractivity contribution in [2.24, 2.45) is 0 Å². The van der Waals surface area contributed by atoms with Crippen LogP contribution in [0.2, 0.25) is 0 Å². The van der Waals surface area contributed by atoms with E-state index in [1.54, 1.807) is 12.1 Å². The van der Waals surface area contributed by atoms with Gasteiger partial charge in [-0.25, -0.2) is 12.8 Å². The fourth-order valence-electron chi connectivity index (χ4n) is 1.79. The van der Waals surface area contributed by atoms with Gasteiger partial charge in [0, 0.05) is 0 Å². The van der Waals surface area contributed by atoms with Crippen molar-refractivity contribution >= 4 is 15.7 Å². The predicted octanol–water partition coefficient (Wildman–Crippen LogP) is 3.19. The monoisotopic (exact) mass is 279 g/mol. The van der Waals surface area contributed by atoms with Gasteiger partial charge >= 0.3 is 0 Å². The predicted molar refractivity (Wildman–Crippen MR) is 73.0 cm³/mol. The van der Waals surface area contributed by atoms with Gasteiger partial charge < -0.3 is 0 Å². The smallest absolute Gasteiger partial charge is 0.264 e. The zero-order valence-electron chi connectivity index (χ0n) is 10.4. The van der Waals surface area contributed by atoms with E-state index in [4.69, 9.17) is 0 Å². The lowest BCUT2D eigenvalue weighted by atomic mass is 10.1. The van der Waals surface area contributed by atoms with Crippen LogP contribution in [0.15, 0.2) is 53.4 Å². The Labute approximate surface area is 112 Å². The number of halogens is 1. The molecule has 0 bridgehead atoms. The molecule has 0 atom stereocenters. The van der Waals surface area contributed by atoms with Gasteiger partial charge in [0.25, 0.3) is 10.0 Å². The molecule has 0 saturated carbocycles. The number of aryl methyl sites for hydroxylation is 1. The van der Waals surface area contributed by atoms with Gasteiger partial charge in [0.15, 0.2) is 0 Å². The first-order chi connectivity index (χ1) is 9.04. The van der Waals surface area contributed by atoms with Crippen molar-refractivity contribution < 1.29 is 12.8 Å². The molecule has 0 amide bonds. The fraction of sp³-hybridized carbons (Fsp3) is 0.143. The Morgan fingerprint density at radius 2 is 1.68 bits per heavy atom. The van der Waals surface area contributed by atoms with Crippen LogP contribution in [0.3, 0.4) is 0 Å². The summed E-state index contributed by atoms with van der Waals surface area (Å²) in [5.41, 5.74) is 1.34. The number of rotatable bonds is 4. The number of nitrogens with one attached hydrogen (secondary N) is 1. The van der Waals surface area contributed by atoms with Crippen molar-refractivity contribution in [3.05, 3.63) is 59.9 Å². The van der Waals surface area contributed by atoms with Crippen LogP contribution >= 0.6 is 0 Å². The molecule has 1 N–H and O–H groups in total. The molecular weight excluding hydrogens is 265 g/mol. The van der Waals surface area contributed by atoms with Crippen molar-refractivity contribution in [3.63, 3.8) is 0 Å². The molecule has 19 heavy (non-hydrogen) atoms. The highest BCUT2D eigenvalue weighted by atomic mass is 32.2. The van der Waals surface area contributed by atoms with Gasteiger partial charge in [-0.3, -0.25) is 4.72 Å². The minimum atomic E-state index is -3.90. The van der Waals surface area contributed by atoms with Crippen molar-refractivity contribution in [1.29, 1.82) is 0 Å². The maximum Gasteiger partial charge on any atom is 0.264 e. The number of hydrogen-bond donors (Lipinski definition) is 1. The topological polar surface area (TPSA) is 46.2 Å². The molecule has 0 aliphatic heterocycles. The summed E-state index contributed by atoms with van der Waals surface area (Å²) in [6, 6.07) is 12.4. The van der Waals surface area contributed by atoms with Gasteiger partial charge in [0.2, 0.25) is 0 Å². The molecule has 2 rings (SSSR count). The summed E-state index contributed by atoms with van der Waals surface area (Å²) < 4.78 is 40.3. The Morgan fingerprint density at radius 1 is 1.05 bits per heavy atom. The van der Waals surface area contributed by atoms with Crippen LogP contribution in [0, 0.1) is 5.82 Å². The average Bonchev–Trinajstić information content (AvgIpc) is 2.39. The molecule has 0 fully saturated rings. The Balaban J connectivity index is 2.40. The van der Waals surface area contributed by atoms with E-state index in [-0.39, 0.29) is 4.90 Å². The van der Waals surface area contributed by atoms with Crippen LogP contribution in [0.1, 0.15) is 12.5 Å². The van der Waals surface area contributed by atoms with E-state index in [0.717, 1.165) is 11.6 Å². The molecule has 0 aromatic heterocycles. The first-order valence-corrected chi connectivity index (χ1v) is 7.38. The van der Waals surface area contributed by atoms with Crippen molar-refractivity contribution in [2.75, 3.05) is 4.72 Å². The molecule has 100 valence electrons. The fourth-order valence-corrected chi connectivity index (χ4v) is 2.97. The van der Waals surface area contributed by atoms with Gasteiger partial charge in [-0.05, 0) is 30.2 Å². The minimum absolute atomic E-state index is 0.346. The maximum absolute atomic E-state index is 13.6. The van der Waals surface area contributed by atoms with E-state index in [9.17, 15) is 12.8 Å². The van der Waals surface area contributed by atoms with E-state index in [1.165, 1.54) is 18.2 Å². The van der Waals surface area contributed by atoms with Gasteiger partial charge in [-0.1, -0.05) is 37.3 Å². The van der Waals surface area contributed by atoms with Crippen molar-refractivity contribution in [2.45, 2.75) is 18.2 Å². The van der Waals surface area contributed by atoms with Crippen LogP contribution in [-0.4, -0.2) is 8.42 Å². The molecule has 0 aliphatic carbocycles. The van der Waals surface area contributed by atoms with E-state index < -0.39 is 15.8 Å². The second-order valence-electron chi connectivity index (χ2n) is 4.05. The van der Waals surface area contributed by atoms with E-state index in [2.05, 4.69) is 4.72 Å². The van der Waals surface area contributed by atoms with E-state index in [1.807, 2.05) is 19.1 Å². The summed E-state index contributed by atoms with van der Waals surface area (Å²) in [4.78, 5) is -0.346. The van der Waals surface area contributed by atoms with Gasteiger partial charge in [0.1, 0.15) is 10.7 Å². The highest BCUT2D eigenvalue weighted by Crippen LogP contribution is 2.21. The normalized spacial score (nSPS) is 11.3. The molecule has 3 nitrogen and oxygen atoms in total. The summed E-state index contributed by atoms with van der Waals surface area (Å²) in [6.07, 6.45) is 0.690. The van der Waals surface area contributed by atoms with Crippen LogP contribution in [0.5, 0.6) is 0 Å². The molecule has 2 aromatic carbocycles. The molecule has 0 spiro atoms. The summed E-state index contributed by atoms with van der Waals surface area (Å²) in [5.74, 6) is -0.760. The lowest BCUT2D eigenvalue weighted by molar-refractivity contribution is 0.570. The Hall–Kier alpha value is -1.88. The summed E-state index contributed by atoms with van der Waals surface area (Å²) in [7, 11) is -3.90. The molecule has 0 unspecified atom stereocenters. The van der Waals surface area contributed by atoms with E-state index in [0.29, 0.717) is 12.1 Å². The number of anilines is 1. The van der Waals surface area contributed by atoms with Crippen molar-refractivity contribution in [1.82, 2.24) is 0 Å². The number of benzene rings is 2. The molecule has 5 heteroatoms. The standard InChI is InChI=1S/C14H14FNO2S/c1-2-11-7-3-5-9-13(11)16-19(17,18)14-10-6-4-8-12(14)15/h3-10,16H,2H2,1H3. The second-order valence-corrected chi connectivity index (χ2v) is 5.70. The lowest BCUT2D eigenvalue weighted by Crippen LogP contribution is -2.15. The molecular formula is C14H14FNO2S. The number of para-hydroxylation sites is 1. The third-order valence-electron chi connectivity index (χ3n) is 2.77. The largest absolute Gasteiger partial charge is 0.279 e. The molecule has 0 saturated heterocycles. The first kappa shape index (κ1) is 13.5. The molecule has 0 radical (unpaired) electrons. The molecule has 0 aliphatic rings. The van der Waals surface area contributed by atoms with E-state index >= 15 is 0 Å². The SMILES string of the molecule is CCc1ccccc1NS(=O)(=O)c1ccccc1F. The highest BCUT2D eigenvalue weighted by Gasteiger charge is 2.19. The third-order valence-corrected chi connectivity index (χ3v) is 4.17. The zero-order chi connectivity index (χ0) is 13.9. The van der Waals surface area contributed by atoms with Crippen LogP contribution < -0.4 is 4.72 Å². The average molecular weight is 279 g/mol.